The average Bonchev–Trinajstić information content (AvgIpc) is 3.24. The summed E-state index contributed by atoms with van der Waals surface area (Å²) in [5.74, 6) is 0.423. The Morgan fingerprint density at radius 3 is 2.61 bits per heavy atom. The van der Waals surface area contributed by atoms with Crippen LogP contribution in [0.25, 0.3) is 5.69 Å². The fraction of sp³-hybridized carbons (Fsp3) is 0.0800. The number of nitrogens with one attached hydrogen (secondary N) is 1. The van der Waals surface area contributed by atoms with Crippen molar-refractivity contribution in [1.29, 1.82) is 5.26 Å². The highest BCUT2D eigenvalue weighted by Crippen LogP contribution is 2.20. The molecule has 152 valence electrons. The lowest BCUT2D eigenvalue weighted by Crippen LogP contribution is -2.12. The Balaban J connectivity index is 1.40. The lowest BCUT2D eigenvalue weighted by molar-refractivity contribution is 0.102. The van der Waals surface area contributed by atoms with Crippen molar-refractivity contribution in [1.82, 2.24) is 9.78 Å². The number of nitriles is 1. The molecule has 1 N–H and O–H groups in total. The highest BCUT2D eigenvalue weighted by atomic mass is 16.5. The minimum atomic E-state index is -0.206. The maximum atomic E-state index is 12.6. The second-order valence-electron chi connectivity index (χ2n) is 7.01. The van der Waals surface area contributed by atoms with Gasteiger partial charge in [0.05, 0.1) is 17.3 Å². The Bertz CT molecular complexity index is 1250. The van der Waals surface area contributed by atoms with Gasteiger partial charge in [-0.3, -0.25) is 4.79 Å². The molecule has 4 aromatic rings. The van der Waals surface area contributed by atoms with Crippen molar-refractivity contribution in [3.05, 3.63) is 107 Å². The minimum Gasteiger partial charge on any atom is -0.489 e. The number of hydrogen-bond donors (Lipinski definition) is 1. The third-order valence-corrected chi connectivity index (χ3v) is 4.76. The zero-order valence-electron chi connectivity index (χ0n) is 16.9. The lowest BCUT2D eigenvalue weighted by Gasteiger charge is -2.10. The standard InChI is InChI=1S/C25H20N4O2/c1-18-12-13-27-29(18)23-10-8-21(9-11-23)25(30)28-22-6-3-7-24(15-22)31-17-20-5-2-4-19(14-20)16-26/h2-15H,17H2,1H3,(H,28,30). The van der Waals surface area contributed by atoms with E-state index >= 15 is 0 Å². The van der Waals surface area contributed by atoms with Crippen LogP contribution in [0.1, 0.15) is 27.2 Å². The highest BCUT2D eigenvalue weighted by Gasteiger charge is 2.08. The van der Waals surface area contributed by atoms with Crippen molar-refractivity contribution in [3.63, 3.8) is 0 Å². The van der Waals surface area contributed by atoms with Gasteiger partial charge in [-0.15, -0.1) is 0 Å². The van der Waals surface area contributed by atoms with E-state index in [-0.39, 0.29) is 5.91 Å². The van der Waals surface area contributed by atoms with Gasteiger partial charge in [-0.1, -0.05) is 18.2 Å². The van der Waals surface area contributed by atoms with E-state index in [9.17, 15) is 4.79 Å². The molecule has 4 rings (SSSR count). The van der Waals surface area contributed by atoms with E-state index in [1.54, 1.807) is 36.5 Å². The summed E-state index contributed by atoms with van der Waals surface area (Å²) >= 11 is 0. The molecule has 1 heterocycles. The first-order valence-corrected chi connectivity index (χ1v) is 9.77. The van der Waals surface area contributed by atoms with Crippen LogP contribution in [0.2, 0.25) is 0 Å². The van der Waals surface area contributed by atoms with Gasteiger partial charge in [0.15, 0.2) is 0 Å². The van der Waals surface area contributed by atoms with Crippen molar-refractivity contribution >= 4 is 11.6 Å². The van der Waals surface area contributed by atoms with Gasteiger partial charge in [0.2, 0.25) is 0 Å². The molecular formula is C25H20N4O2. The first kappa shape index (κ1) is 19.9. The second-order valence-corrected chi connectivity index (χ2v) is 7.01. The molecule has 0 saturated carbocycles. The van der Waals surface area contributed by atoms with Crippen molar-refractivity contribution in [2.75, 3.05) is 5.32 Å². The minimum absolute atomic E-state index is 0.206. The Hall–Kier alpha value is -4.37. The predicted octanol–water partition coefficient (Wildman–Crippen LogP) is 4.88. The van der Waals surface area contributed by atoms with Crippen LogP contribution < -0.4 is 10.1 Å². The van der Waals surface area contributed by atoms with Crippen LogP contribution in [-0.4, -0.2) is 15.7 Å². The van der Waals surface area contributed by atoms with E-state index in [0.29, 0.717) is 29.2 Å². The van der Waals surface area contributed by atoms with Crippen LogP contribution in [0.15, 0.2) is 85.1 Å². The number of ether oxygens (including phenoxy) is 1. The van der Waals surface area contributed by atoms with Crippen molar-refractivity contribution in [2.24, 2.45) is 0 Å². The molecule has 1 aromatic heterocycles. The maximum Gasteiger partial charge on any atom is 0.255 e. The van der Waals surface area contributed by atoms with Crippen LogP contribution >= 0.6 is 0 Å². The number of nitrogens with zero attached hydrogens (tertiary/aromatic N) is 3. The molecule has 0 atom stereocenters. The summed E-state index contributed by atoms with van der Waals surface area (Å²) in [7, 11) is 0. The third kappa shape index (κ3) is 4.80. The van der Waals surface area contributed by atoms with Crippen LogP contribution in [0.4, 0.5) is 5.69 Å². The summed E-state index contributed by atoms with van der Waals surface area (Å²) in [5, 5.41) is 16.2. The molecule has 1 amide bonds. The molecule has 0 fully saturated rings. The van der Waals surface area contributed by atoms with Gasteiger partial charge in [-0.05, 0) is 67.1 Å². The largest absolute Gasteiger partial charge is 0.489 e. The molecule has 0 unspecified atom stereocenters. The van der Waals surface area contributed by atoms with E-state index < -0.39 is 0 Å². The molecule has 0 bridgehead atoms. The number of hydrogen-bond acceptors (Lipinski definition) is 4. The van der Waals surface area contributed by atoms with Gasteiger partial charge in [0, 0.05) is 29.2 Å². The molecule has 6 nitrogen and oxygen atoms in total. The van der Waals surface area contributed by atoms with Gasteiger partial charge in [-0.2, -0.15) is 10.4 Å². The third-order valence-electron chi connectivity index (χ3n) is 4.76. The topological polar surface area (TPSA) is 79.9 Å². The summed E-state index contributed by atoms with van der Waals surface area (Å²) in [6.07, 6.45) is 1.74. The summed E-state index contributed by atoms with van der Waals surface area (Å²) < 4.78 is 7.63. The van der Waals surface area contributed by atoms with Crippen molar-refractivity contribution in [3.8, 4) is 17.5 Å². The first-order valence-electron chi connectivity index (χ1n) is 9.77. The molecule has 0 aliphatic rings. The number of rotatable bonds is 6. The fourth-order valence-corrected chi connectivity index (χ4v) is 3.16. The smallest absolute Gasteiger partial charge is 0.255 e. The van der Waals surface area contributed by atoms with Crippen LogP contribution in [-0.2, 0) is 6.61 Å². The molecule has 0 saturated heterocycles. The Labute approximate surface area is 180 Å². The SMILES string of the molecule is Cc1ccnn1-c1ccc(C(=O)Nc2cccc(OCc3cccc(C#N)c3)c2)cc1. The number of carbonyl (C=O) groups excluding carboxylic acids is 1. The Morgan fingerprint density at radius 2 is 1.87 bits per heavy atom. The summed E-state index contributed by atoms with van der Waals surface area (Å²) in [6.45, 7) is 2.31. The van der Waals surface area contributed by atoms with E-state index in [1.165, 1.54) is 0 Å². The molecule has 0 aliphatic carbocycles. The molecule has 6 heteroatoms. The van der Waals surface area contributed by atoms with Gasteiger partial charge >= 0.3 is 0 Å². The van der Waals surface area contributed by atoms with Gasteiger partial charge in [-0.25, -0.2) is 4.68 Å². The number of amides is 1. The van der Waals surface area contributed by atoms with Gasteiger partial charge in [0.25, 0.3) is 5.91 Å². The van der Waals surface area contributed by atoms with E-state index in [2.05, 4.69) is 16.5 Å². The maximum absolute atomic E-state index is 12.6. The molecule has 0 radical (unpaired) electrons. The summed E-state index contributed by atoms with van der Waals surface area (Å²) in [4.78, 5) is 12.6. The molecule has 0 spiro atoms. The highest BCUT2D eigenvalue weighted by molar-refractivity contribution is 6.04. The second kappa shape index (κ2) is 8.97. The summed E-state index contributed by atoms with van der Waals surface area (Å²) in [5.41, 5.74) is 4.61. The quantitative estimate of drug-likeness (QED) is 0.493. The van der Waals surface area contributed by atoms with Crippen LogP contribution in [0, 0.1) is 18.3 Å². The number of anilines is 1. The van der Waals surface area contributed by atoms with Crippen molar-refractivity contribution in [2.45, 2.75) is 13.5 Å². The van der Waals surface area contributed by atoms with Gasteiger partial charge in [0.1, 0.15) is 12.4 Å². The number of carbonyl (C=O) groups is 1. The Morgan fingerprint density at radius 1 is 1.06 bits per heavy atom. The Kier molecular flexibility index (Phi) is 5.77. The van der Waals surface area contributed by atoms with Crippen LogP contribution in [0.5, 0.6) is 5.75 Å². The zero-order chi connectivity index (χ0) is 21.6. The van der Waals surface area contributed by atoms with Gasteiger partial charge < -0.3 is 10.1 Å². The molecule has 31 heavy (non-hydrogen) atoms. The van der Waals surface area contributed by atoms with E-state index in [0.717, 1.165) is 16.9 Å². The number of aryl methyl sites for hydroxylation is 1. The number of benzene rings is 3. The van der Waals surface area contributed by atoms with E-state index in [4.69, 9.17) is 10.00 Å². The monoisotopic (exact) mass is 408 g/mol. The molecule has 3 aromatic carbocycles. The predicted molar refractivity (Wildman–Crippen MR) is 118 cm³/mol. The summed E-state index contributed by atoms with van der Waals surface area (Å²) in [6, 6.07) is 25.8. The van der Waals surface area contributed by atoms with Crippen LogP contribution in [0.3, 0.4) is 0 Å². The fourth-order valence-electron chi connectivity index (χ4n) is 3.16. The van der Waals surface area contributed by atoms with E-state index in [1.807, 2.05) is 60.1 Å². The normalized spacial score (nSPS) is 10.3. The first-order chi connectivity index (χ1) is 15.1. The molecule has 0 aliphatic heterocycles. The number of aromatic nitrogens is 2. The van der Waals surface area contributed by atoms with Crippen molar-refractivity contribution < 1.29 is 9.53 Å². The molecular weight excluding hydrogens is 388 g/mol. The lowest BCUT2D eigenvalue weighted by atomic mass is 10.1. The zero-order valence-corrected chi connectivity index (χ0v) is 16.9. The average molecular weight is 408 g/mol.